The molecule has 3 aromatic carbocycles. The molecule has 1 saturated carbocycles. The van der Waals surface area contributed by atoms with E-state index < -0.39 is 17.9 Å². The van der Waals surface area contributed by atoms with Crippen LogP contribution >= 0.6 is 35.3 Å². The number of likely N-dealkylation sites (tertiary alicyclic amines) is 1. The Bertz CT molecular complexity index is 1870. The van der Waals surface area contributed by atoms with Crippen molar-refractivity contribution in [1.82, 2.24) is 14.9 Å². The number of rotatable bonds is 6. The van der Waals surface area contributed by atoms with Gasteiger partial charge < -0.3 is 20.5 Å². The minimum Gasteiger partial charge on any atom is -0.481 e. The van der Waals surface area contributed by atoms with Crippen molar-refractivity contribution in [2.24, 2.45) is 5.92 Å². The van der Waals surface area contributed by atoms with Crippen LogP contribution in [0.15, 0.2) is 77.7 Å². The molecule has 0 spiro atoms. The number of carboxylic acid groups (broad SMARTS) is 1. The van der Waals surface area contributed by atoms with Crippen LogP contribution in [0.25, 0.3) is 20.4 Å². The minimum atomic E-state index is -0.774. The number of hydrogen-bond donors (Lipinski definition) is 3. The maximum absolute atomic E-state index is 12.7. The number of nitrogens with zero attached hydrogens (tertiary/aromatic N) is 3. The Hall–Kier alpha value is -4.33. The molecular formula is C39H44N4O6S3. The third-order valence-corrected chi connectivity index (χ3v) is 11.6. The molecule has 2 atom stereocenters. The van der Waals surface area contributed by atoms with E-state index in [-0.39, 0.29) is 19.3 Å². The van der Waals surface area contributed by atoms with E-state index in [4.69, 9.17) is 10.8 Å². The van der Waals surface area contributed by atoms with Gasteiger partial charge in [0.2, 0.25) is 5.91 Å². The van der Waals surface area contributed by atoms with Gasteiger partial charge in [-0.1, -0.05) is 49.2 Å². The lowest BCUT2D eigenvalue weighted by molar-refractivity contribution is -0.152. The van der Waals surface area contributed by atoms with Crippen molar-refractivity contribution < 1.29 is 29.0 Å². The summed E-state index contributed by atoms with van der Waals surface area (Å²) in [6.45, 7) is 0.972. The van der Waals surface area contributed by atoms with Crippen LogP contribution in [0.1, 0.15) is 74.2 Å². The van der Waals surface area contributed by atoms with E-state index >= 15 is 0 Å². The Morgan fingerprint density at radius 2 is 1.33 bits per heavy atom. The van der Waals surface area contributed by atoms with Gasteiger partial charge in [-0.05, 0) is 68.0 Å². The summed E-state index contributed by atoms with van der Waals surface area (Å²) in [5.74, 6) is -0.455. The van der Waals surface area contributed by atoms with Crippen molar-refractivity contribution in [3.8, 4) is 0 Å². The topological polar surface area (TPSA) is 153 Å². The number of aryl methyl sites for hydroxylation is 2. The monoisotopic (exact) mass is 760 g/mol. The number of esters is 2. The highest BCUT2D eigenvalue weighted by Gasteiger charge is 2.35. The molecule has 52 heavy (non-hydrogen) atoms. The molecular weight excluding hydrogens is 717 g/mol. The van der Waals surface area contributed by atoms with Gasteiger partial charge >= 0.3 is 17.9 Å². The summed E-state index contributed by atoms with van der Waals surface area (Å²) in [6, 6.07) is 24.1. The summed E-state index contributed by atoms with van der Waals surface area (Å²) < 4.78 is 6.42. The first-order valence-electron chi connectivity index (χ1n) is 17.6. The summed E-state index contributed by atoms with van der Waals surface area (Å²) in [5.41, 5.74) is 8.19. The predicted octanol–water partition coefficient (Wildman–Crippen LogP) is 8.13. The number of thiazole rings is 2. The van der Waals surface area contributed by atoms with E-state index in [1.165, 1.54) is 43.2 Å². The number of anilines is 1. The van der Waals surface area contributed by atoms with Gasteiger partial charge in [0.1, 0.15) is 0 Å². The quantitative estimate of drug-likeness (QED) is 0.0674. The predicted molar refractivity (Wildman–Crippen MR) is 209 cm³/mol. The number of ether oxygens (including phenoxy) is 1. The summed E-state index contributed by atoms with van der Waals surface area (Å²) in [4.78, 5) is 55.2. The first-order valence-corrected chi connectivity index (χ1v) is 19.7. The number of amides is 1. The van der Waals surface area contributed by atoms with E-state index in [1.807, 2.05) is 60.7 Å². The second-order valence-electron chi connectivity index (χ2n) is 12.8. The van der Waals surface area contributed by atoms with Gasteiger partial charge in [0, 0.05) is 42.4 Å². The number of aliphatic carboxylic acids is 1. The van der Waals surface area contributed by atoms with E-state index in [1.54, 1.807) is 22.7 Å². The Morgan fingerprint density at radius 3 is 1.85 bits per heavy atom. The maximum atomic E-state index is 12.7. The van der Waals surface area contributed by atoms with Gasteiger partial charge in [0.25, 0.3) is 0 Å². The van der Waals surface area contributed by atoms with Gasteiger partial charge in [-0.3, -0.25) is 19.2 Å². The summed E-state index contributed by atoms with van der Waals surface area (Å²) >= 11 is 7.36. The van der Waals surface area contributed by atoms with Crippen LogP contribution in [0.5, 0.6) is 0 Å². The third-order valence-electron chi connectivity index (χ3n) is 9.04. The number of carbonyl (C=O) groups is 4. The largest absolute Gasteiger partial charge is 0.481 e. The molecule has 3 N–H and O–H groups in total. The van der Waals surface area contributed by atoms with E-state index in [9.17, 15) is 19.2 Å². The Morgan fingerprint density at radius 1 is 0.788 bits per heavy atom. The standard InChI is InChI=1S/C19H24N2OS.C10H9NO2S.C6H7NS.C4H4O3/c22-19(21-13-5-7-14-6-1-3-9-16(14)21)12-11-18-20-15-8-2-4-10-17(15)23-18;12-10(13)6-5-9-11-7-3-1-2-4-8(7)14-9;7-5-3-1-2-4-6(5)8;5-3-1-2-4(6)7-3/h2,4,8,10,14,16H,1,3,5-7,9,11-13H2;1-4H,5-6H2,(H,12,13);1-4,8H,7H2;1-2H2. The van der Waals surface area contributed by atoms with Crippen molar-refractivity contribution >= 4 is 85.2 Å². The van der Waals surface area contributed by atoms with Gasteiger partial charge in [-0.2, -0.15) is 0 Å². The lowest BCUT2D eigenvalue weighted by atomic mass is 9.78. The number of cyclic esters (lactones) is 2. The first kappa shape index (κ1) is 38.9. The minimum absolute atomic E-state index is 0.153. The molecule has 1 aliphatic carbocycles. The number of piperidine rings is 1. The second-order valence-corrected chi connectivity index (χ2v) is 15.5. The highest BCUT2D eigenvalue weighted by molar-refractivity contribution is 7.80. The molecule has 5 aromatic rings. The van der Waals surface area contributed by atoms with Crippen molar-refractivity contribution in [3.63, 3.8) is 0 Å². The SMILES string of the molecule is Nc1ccccc1S.O=C(CCc1nc2ccccc2s1)N1CCCC2CCCCC21.O=C(O)CCc1nc2ccccc2s1.O=C1CCC(=O)O1. The molecule has 274 valence electrons. The summed E-state index contributed by atoms with van der Waals surface area (Å²) in [6.07, 6.45) is 10.3. The molecule has 4 heterocycles. The van der Waals surface area contributed by atoms with Crippen LogP contribution in [0.2, 0.25) is 0 Å². The number of thiol groups is 1. The average Bonchev–Trinajstić information content (AvgIpc) is 3.88. The number of carbonyl (C=O) groups excluding carboxylic acids is 3. The van der Waals surface area contributed by atoms with Crippen LogP contribution in [0.4, 0.5) is 5.69 Å². The molecule has 2 saturated heterocycles. The zero-order valence-electron chi connectivity index (χ0n) is 28.9. The molecule has 2 aromatic heterocycles. The molecule has 3 fully saturated rings. The molecule has 10 nitrogen and oxygen atoms in total. The number of carboxylic acids is 1. The van der Waals surface area contributed by atoms with Crippen molar-refractivity contribution in [1.29, 1.82) is 0 Å². The first-order chi connectivity index (χ1) is 25.2. The van der Waals surface area contributed by atoms with Gasteiger partial charge in [0.05, 0.1) is 49.7 Å². The average molecular weight is 761 g/mol. The van der Waals surface area contributed by atoms with Gasteiger partial charge in [0.15, 0.2) is 0 Å². The van der Waals surface area contributed by atoms with Crippen LogP contribution in [-0.4, -0.2) is 56.4 Å². The van der Waals surface area contributed by atoms with E-state index in [2.05, 4.69) is 44.4 Å². The number of benzene rings is 3. The molecule has 0 bridgehead atoms. The molecule has 0 radical (unpaired) electrons. The number of nitrogens with two attached hydrogens (primary N) is 1. The summed E-state index contributed by atoms with van der Waals surface area (Å²) in [5, 5.41) is 10.5. The number of hydrogen-bond acceptors (Lipinski definition) is 11. The van der Waals surface area contributed by atoms with Crippen LogP contribution in [-0.2, 0) is 36.8 Å². The fraction of sp³-hybridized carbons (Fsp3) is 0.385. The maximum Gasteiger partial charge on any atom is 0.314 e. The lowest BCUT2D eigenvalue weighted by Crippen LogP contribution is -2.49. The number of para-hydroxylation sites is 3. The smallest absolute Gasteiger partial charge is 0.314 e. The highest BCUT2D eigenvalue weighted by Crippen LogP contribution is 2.35. The van der Waals surface area contributed by atoms with Crippen molar-refractivity contribution in [2.45, 2.75) is 88.0 Å². The second kappa shape index (κ2) is 19.5. The fourth-order valence-electron chi connectivity index (χ4n) is 6.48. The Kier molecular flexibility index (Phi) is 14.6. The Balaban J connectivity index is 0.000000152. The van der Waals surface area contributed by atoms with Gasteiger partial charge in [-0.25, -0.2) is 9.97 Å². The molecule has 13 heteroatoms. The molecule has 2 unspecified atom stereocenters. The van der Waals surface area contributed by atoms with E-state index in [0.29, 0.717) is 24.8 Å². The highest BCUT2D eigenvalue weighted by atomic mass is 32.1. The van der Waals surface area contributed by atoms with Crippen LogP contribution in [0.3, 0.4) is 0 Å². The Labute approximate surface area is 316 Å². The van der Waals surface area contributed by atoms with Crippen LogP contribution in [0, 0.1) is 5.92 Å². The normalized spacial score (nSPS) is 17.8. The van der Waals surface area contributed by atoms with Crippen molar-refractivity contribution in [3.05, 3.63) is 82.8 Å². The molecule has 2 aliphatic heterocycles. The lowest BCUT2D eigenvalue weighted by Gasteiger charge is -2.44. The fourth-order valence-corrected chi connectivity index (χ4v) is 8.57. The molecule has 1 amide bonds. The molecule has 8 rings (SSSR count). The summed E-state index contributed by atoms with van der Waals surface area (Å²) in [7, 11) is 0. The number of fused-ring (bicyclic) bond motifs is 3. The van der Waals surface area contributed by atoms with E-state index in [0.717, 1.165) is 55.2 Å². The zero-order valence-corrected chi connectivity index (χ0v) is 31.5. The zero-order chi connectivity index (χ0) is 36.9. The van der Waals surface area contributed by atoms with Crippen LogP contribution < -0.4 is 5.73 Å². The third kappa shape index (κ3) is 11.6. The number of aromatic nitrogens is 2. The van der Waals surface area contributed by atoms with Gasteiger partial charge in [-0.15, -0.1) is 35.3 Å². The van der Waals surface area contributed by atoms with Crippen molar-refractivity contribution in [2.75, 3.05) is 12.3 Å². The number of nitrogen functional groups attached to an aromatic ring is 1. The molecule has 3 aliphatic rings.